The normalized spacial score (nSPS) is 17.4. The number of ether oxygens (including phenoxy) is 1. The first kappa shape index (κ1) is 36.1. The fourth-order valence-corrected chi connectivity index (χ4v) is 5.47. The van der Waals surface area contributed by atoms with Gasteiger partial charge in [-0.05, 0) is 26.0 Å². The maximum atomic E-state index is 15.1. The van der Waals surface area contributed by atoms with Gasteiger partial charge in [-0.2, -0.15) is 18.2 Å². The number of hydrogen-bond donors (Lipinski definition) is 6. The van der Waals surface area contributed by atoms with Gasteiger partial charge in [-0.1, -0.05) is 5.16 Å². The largest absolute Gasteiger partial charge is 0.489 e. The van der Waals surface area contributed by atoms with Crippen LogP contribution in [0.25, 0.3) is 11.1 Å². The Kier molecular flexibility index (Phi) is 10.7. The Morgan fingerprint density at radius 1 is 1.33 bits per heavy atom. The molecule has 0 radical (unpaired) electrons. The third kappa shape index (κ3) is 8.21. The summed E-state index contributed by atoms with van der Waals surface area (Å²) in [6.07, 6.45) is 1.59. The zero-order chi connectivity index (χ0) is 35.6. The van der Waals surface area contributed by atoms with E-state index in [0.29, 0.717) is 17.2 Å². The molecule has 9 N–H and O–H groups in total. The van der Waals surface area contributed by atoms with Crippen molar-refractivity contribution in [3.8, 4) is 16.9 Å². The number of carbonyl (C=O) groups excluding carboxylic acids is 2. The summed E-state index contributed by atoms with van der Waals surface area (Å²) in [4.78, 5) is 46.7. The number of benzene rings is 1. The van der Waals surface area contributed by atoms with Crippen LogP contribution in [0.15, 0.2) is 41.1 Å². The number of amides is 2. The van der Waals surface area contributed by atoms with Gasteiger partial charge < -0.3 is 37.2 Å². The fraction of sp³-hybridized carbons (Fsp3) is 0.385. The molecule has 3 heterocycles. The van der Waals surface area contributed by atoms with E-state index in [9.17, 15) is 27.9 Å². The number of aromatic nitrogens is 3. The Labute approximate surface area is 276 Å². The van der Waals surface area contributed by atoms with Gasteiger partial charge >= 0.3 is 16.4 Å². The highest BCUT2D eigenvalue weighted by Gasteiger charge is 2.58. The molecule has 2 unspecified atom stereocenters. The number of nitrogens with one attached hydrogen (secondary N) is 1. The number of hydrogen-bond acceptors (Lipinski definition) is 14. The van der Waals surface area contributed by atoms with Gasteiger partial charge in [0, 0.05) is 29.6 Å². The van der Waals surface area contributed by atoms with Crippen molar-refractivity contribution >= 4 is 50.4 Å². The first-order chi connectivity index (χ1) is 22.4. The minimum atomic E-state index is -5.04. The SMILES string of the molecule is C[n+]1cc(-c2ccc(OC[C@H](O/N=C(\C(=O)NC3C(=O)N(OS(=O)(=O)O)C3(C)C)c3csc(N)n3)C(=O)O)cc2F)cn1CC(N)CN. The number of carboxylic acids is 1. The topological polar surface area (TPSA) is 281 Å². The number of carbonyl (C=O) groups is 3. The predicted octanol–water partition coefficient (Wildman–Crippen LogP) is -1.46. The zero-order valence-corrected chi connectivity index (χ0v) is 27.3. The lowest BCUT2D eigenvalue weighted by Crippen LogP contribution is -2.76. The van der Waals surface area contributed by atoms with E-state index < -0.39 is 64.0 Å². The number of nitrogens with two attached hydrogens (primary N) is 3. The van der Waals surface area contributed by atoms with Crippen molar-refractivity contribution in [2.45, 2.75) is 44.1 Å². The number of anilines is 1. The number of aliphatic carboxylic acids is 1. The lowest BCUT2D eigenvalue weighted by atomic mass is 9.84. The molecule has 0 saturated carbocycles. The van der Waals surface area contributed by atoms with E-state index in [2.05, 4.69) is 19.7 Å². The van der Waals surface area contributed by atoms with Crippen LogP contribution in [0.4, 0.5) is 9.52 Å². The second-order valence-corrected chi connectivity index (χ2v) is 12.9. The molecule has 2 aromatic heterocycles. The summed E-state index contributed by atoms with van der Waals surface area (Å²) in [6, 6.07) is 2.27. The van der Waals surface area contributed by atoms with Crippen LogP contribution in [0.1, 0.15) is 19.5 Å². The van der Waals surface area contributed by atoms with Gasteiger partial charge in [-0.25, -0.2) is 14.2 Å². The number of hydroxylamine groups is 2. The van der Waals surface area contributed by atoms with Crippen LogP contribution < -0.4 is 31.9 Å². The van der Waals surface area contributed by atoms with E-state index in [1.807, 2.05) is 0 Å². The number of nitrogens with zero attached hydrogens (tertiary/aromatic N) is 5. The predicted molar refractivity (Wildman–Crippen MR) is 165 cm³/mol. The Hall–Kier alpha value is -4.74. The molecule has 1 aromatic carbocycles. The molecule has 19 nitrogen and oxygen atoms in total. The molecular formula is C26H33FN9O10S2+. The highest BCUT2D eigenvalue weighted by molar-refractivity contribution is 7.80. The number of halogens is 1. The standard InChI is InChI=1S/C26H32FN9O10S2/c1-26(2)21(23(38)36(26)46-48(41,42)43)32-22(37)20(18-12-47-25(30)31-18)33-45-19(24(39)40)11-44-15-4-5-16(17(27)6-15)13-8-34(3)35(9-13)10-14(29)7-28/h4-6,8-9,12,14,19,21H,7,10-11,28-29H2,1-3H3,(H4-,30,31,32,37,39,40,41,42,43)/p+1/b33-20-/t14?,19-,21?/m0/s1. The molecule has 1 aliphatic heterocycles. The number of nitrogen functional groups attached to an aromatic ring is 1. The van der Waals surface area contributed by atoms with Gasteiger partial charge in [-0.3, -0.25) is 14.1 Å². The monoisotopic (exact) mass is 714 g/mol. The Balaban J connectivity index is 1.47. The molecular weight excluding hydrogens is 681 g/mol. The molecule has 4 rings (SSSR count). The van der Waals surface area contributed by atoms with Crippen LogP contribution in [-0.2, 0) is 47.5 Å². The average Bonchev–Trinajstić information content (AvgIpc) is 3.59. The van der Waals surface area contributed by atoms with Gasteiger partial charge in [0.25, 0.3) is 17.9 Å². The molecule has 2 amide bonds. The van der Waals surface area contributed by atoms with Crippen molar-refractivity contribution in [1.82, 2.24) is 20.0 Å². The summed E-state index contributed by atoms with van der Waals surface area (Å²) < 4.78 is 59.4. The van der Waals surface area contributed by atoms with Crippen LogP contribution in [0, 0.1) is 5.82 Å². The molecule has 1 aliphatic rings. The quantitative estimate of drug-likeness (QED) is 0.0345. The Bertz CT molecular complexity index is 1850. The molecule has 0 aliphatic carbocycles. The van der Waals surface area contributed by atoms with Crippen LogP contribution in [-0.4, -0.2) is 93.2 Å². The van der Waals surface area contributed by atoms with Crippen molar-refractivity contribution in [2.75, 3.05) is 18.9 Å². The summed E-state index contributed by atoms with van der Waals surface area (Å²) in [5, 5.41) is 17.4. The maximum Gasteiger partial charge on any atom is 0.418 e. The summed E-state index contributed by atoms with van der Waals surface area (Å²) in [5.41, 5.74) is 15.8. The molecule has 1 saturated heterocycles. The van der Waals surface area contributed by atoms with Gasteiger partial charge in [0.1, 0.15) is 29.9 Å². The number of carboxylic acid groups (broad SMARTS) is 1. The number of oxime groups is 1. The average molecular weight is 715 g/mol. The minimum absolute atomic E-state index is 0.0197. The van der Waals surface area contributed by atoms with Gasteiger partial charge in [0.05, 0.1) is 23.8 Å². The van der Waals surface area contributed by atoms with E-state index in [-0.39, 0.29) is 34.7 Å². The highest BCUT2D eigenvalue weighted by Crippen LogP contribution is 2.33. The first-order valence-corrected chi connectivity index (χ1v) is 16.1. The molecule has 0 bridgehead atoms. The van der Waals surface area contributed by atoms with E-state index in [1.54, 1.807) is 28.8 Å². The summed E-state index contributed by atoms with van der Waals surface area (Å²) in [7, 11) is -3.28. The molecule has 0 spiro atoms. The second kappa shape index (κ2) is 14.2. The third-order valence-corrected chi connectivity index (χ3v) is 8.06. The Morgan fingerprint density at radius 3 is 2.60 bits per heavy atom. The first-order valence-electron chi connectivity index (χ1n) is 13.9. The molecule has 48 heavy (non-hydrogen) atoms. The van der Waals surface area contributed by atoms with Crippen molar-refractivity contribution < 1.29 is 55.4 Å². The van der Waals surface area contributed by atoms with Crippen LogP contribution in [0.3, 0.4) is 0 Å². The van der Waals surface area contributed by atoms with Crippen LogP contribution >= 0.6 is 11.3 Å². The number of aryl methyl sites for hydroxylation is 1. The molecule has 3 aromatic rings. The van der Waals surface area contributed by atoms with Gasteiger partial charge in [0.2, 0.25) is 6.20 Å². The molecule has 22 heteroatoms. The molecule has 1 fully saturated rings. The lowest BCUT2D eigenvalue weighted by Gasteiger charge is -2.50. The Morgan fingerprint density at radius 2 is 2.04 bits per heavy atom. The maximum absolute atomic E-state index is 15.1. The minimum Gasteiger partial charge on any atom is -0.489 e. The summed E-state index contributed by atoms with van der Waals surface area (Å²) in [5.74, 6) is -4.34. The van der Waals surface area contributed by atoms with Crippen molar-refractivity contribution in [2.24, 2.45) is 23.7 Å². The van der Waals surface area contributed by atoms with Crippen LogP contribution in [0.5, 0.6) is 5.75 Å². The van der Waals surface area contributed by atoms with Gasteiger partial charge in [-0.15, -0.1) is 20.3 Å². The van der Waals surface area contributed by atoms with Crippen molar-refractivity contribution in [3.05, 3.63) is 47.5 Å². The van der Waals surface area contributed by atoms with E-state index in [0.717, 1.165) is 17.4 Å². The van der Waals surface area contributed by atoms with Crippen LogP contribution in [0.2, 0.25) is 0 Å². The third-order valence-electron chi connectivity index (χ3n) is 7.04. The van der Waals surface area contributed by atoms with E-state index >= 15 is 4.39 Å². The zero-order valence-electron chi connectivity index (χ0n) is 25.6. The van der Waals surface area contributed by atoms with Gasteiger partial charge in [0.15, 0.2) is 17.9 Å². The van der Waals surface area contributed by atoms with E-state index in [4.69, 9.17) is 31.3 Å². The second-order valence-electron chi connectivity index (χ2n) is 11.0. The van der Waals surface area contributed by atoms with Crippen molar-refractivity contribution in [3.63, 3.8) is 0 Å². The fourth-order valence-electron chi connectivity index (χ4n) is 4.47. The molecule has 3 atom stereocenters. The summed E-state index contributed by atoms with van der Waals surface area (Å²) in [6.45, 7) is 2.67. The smallest absolute Gasteiger partial charge is 0.418 e. The number of rotatable bonds is 15. The van der Waals surface area contributed by atoms with E-state index in [1.165, 1.54) is 31.4 Å². The highest BCUT2D eigenvalue weighted by atomic mass is 32.3. The summed E-state index contributed by atoms with van der Waals surface area (Å²) >= 11 is 0.921. The lowest BCUT2D eigenvalue weighted by molar-refractivity contribution is -0.753. The number of thiazole rings is 1. The molecule has 260 valence electrons. The number of β-lactam (4-membered cyclic amide) rings is 1. The van der Waals surface area contributed by atoms with Crippen molar-refractivity contribution in [1.29, 1.82) is 0 Å².